The van der Waals surface area contributed by atoms with E-state index in [1.54, 1.807) is 6.92 Å². The Balaban J connectivity index is 1.66. The van der Waals surface area contributed by atoms with Crippen LogP contribution in [0.25, 0.3) is 0 Å². The molecule has 0 spiro atoms. The molecule has 0 unspecified atom stereocenters. The van der Waals surface area contributed by atoms with Gasteiger partial charge < -0.3 is 10.1 Å². The highest BCUT2D eigenvalue weighted by molar-refractivity contribution is 7.17. The van der Waals surface area contributed by atoms with E-state index in [9.17, 15) is 9.59 Å². The highest BCUT2D eigenvalue weighted by Crippen LogP contribution is 2.39. The maximum Gasteiger partial charge on any atom is 0.341 e. The van der Waals surface area contributed by atoms with Crippen LogP contribution in [0.2, 0.25) is 0 Å². The number of hydrogen-bond donors (Lipinski definition) is 1. The standard InChI is InChI=1S/C20H28N4O3S/c1-5-24-13(3)14(10-21-24)11-23(4)12-17(25)22-19-18(20(26)27-6-2)15-8-7-9-16(15)28-19/h10H,5-9,11-12H2,1-4H3,(H,22,25). The monoisotopic (exact) mass is 404 g/mol. The van der Waals surface area contributed by atoms with Crippen molar-refractivity contribution in [1.29, 1.82) is 0 Å². The van der Waals surface area contributed by atoms with Crippen LogP contribution in [0.3, 0.4) is 0 Å². The van der Waals surface area contributed by atoms with Gasteiger partial charge in [-0.3, -0.25) is 14.4 Å². The minimum Gasteiger partial charge on any atom is -0.462 e. The van der Waals surface area contributed by atoms with E-state index in [1.807, 2.05) is 29.7 Å². The van der Waals surface area contributed by atoms with Crippen LogP contribution >= 0.6 is 11.3 Å². The van der Waals surface area contributed by atoms with Gasteiger partial charge in [-0.2, -0.15) is 5.10 Å². The van der Waals surface area contributed by atoms with E-state index in [0.29, 0.717) is 23.7 Å². The van der Waals surface area contributed by atoms with E-state index in [1.165, 1.54) is 16.2 Å². The molecular formula is C20H28N4O3S. The fourth-order valence-electron chi connectivity index (χ4n) is 3.63. The van der Waals surface area contributed by atoms with Gasteiger partial charge in [-0.05, 0) is 52.6 Å². The number of amides is 1. The van der Waals surface area contributed by atoms with Crippen molar-refractivity contribution < 1.29 is 14.3 Å². The summed E-state index contributed by atoms with van der Waals surface area (Å²) < 4.78 is 7.16. The van der Waals surface area contributed by atoms with Gasteiger partial charge in [0.05, 0.1) is 24.9 Å². The second-order valence-corrected chi connectivity index (χ2v) is 8.18. The summed E-state index contributed by atoms with van der Waals surface area (Å²) >= 11 is 1.51. The maximum absolute atomic E-state index is 12.6. The lowest BCUT2D eigenvalue weighted by atomic mass is 10.1. The fourth-order valence-corrected chi connectivity index (χ4v) is 4.92. The van der Waals surface area contributed by atoms with Crippen LogP contribution in [-0.4, -0.2) is 46.8 Å². The van der Waals surface area contributed by atoms with Crippen LogP contribution in [0.1, 0.15) is 52.3 Å². The minimum absolute atomic E-state index is 0.131. The number of carbonyl (C=O) groups excluding carboxylic acids is 2. The molecule has 0 radical (unpaired) electrons. The van der Waals surface area contributed by atoms with Gasteiger partial charge in [0.1, 0.15) is 5.00 Å². The van der Waals surface area contributed by atoms with E-state index >= 15 is 0 Å². The molecule has 0 bridgehead atoms. The van der Waals surface area contributed by atoms with Gasteiger partial charge in [0.2, 0.25) is 5.91 Å². The normalized spacial score (nSPS) is 13.0. The van der Waals surface area contributed by atoms with Crippen molar-refractivity contribution in [3.05, 3.63) is 33.5 Å². The molecule has 7 nitrogen and oxygen atoms in total. The Bertz CT molecular complexity index is 871. The van der Waals surface area contributed by atoms with Crippen molar-refractivity contribution in [3.8, 4) is 0 Å². The Morgan fingerprint density at radius 2 is 2.14 bits per heavy atom. The lowest BCUT2D eigenvalue weighted by molar-refractivity contribution is -0.117. The molecule has 2 aromatic rings. The third kappa shape index (κ3) is 4.28. The van der Waals surface area contributed by atoms with Gasteiger partial charge in [-0.1, -0.05) is 0 Å². The Kier molecular flexibility index (Phi) is 6.51. The largest absolute Gasteiger partial charge is 0.462 e. The number of carbonyl (C=O) groups is 2. The Morgan fingerprint density at radius 3 is 2.82 bits per heavy atom. The third-order valence-corrected chi connectivity index (χ3v) is 6.22. The van der Waals surface area contributed by atoms with E-state index in [-0.39, 0.29) is 18.4 Å². The molecule has 1 aliphatic carbocycles. The van der Waals surface area contributed by atoms with Crippen molar-refractivity contribution in [1.82, 2.24) is 14.7 Å². The molecule has 0 saturated carbocycles. The van der Waals surface area contributed by atoms with E-state index in [4.69, 9.17) is 4.74 Å². The summed E-state index contributed by atoms with van der Waals surface area (Å²) in [5, 5.41) is 7.92. The molecule has 1 amide bonds. The summed E-state index contributed by atoms with van der Waals surface area (Å²) in [5.41, 5.74) is 3.83. The number of fused-ring (bicyclic) bond motifs is 1. The number of esters is 1. The maximum atomic E-state index is 12.6. The molecule has 8 heteroatoms. The van der Waals surface area contributed by atoms with Crippen molar-refractivity contribution in [2.24, 2.45) is 0 Å². The molecular weight excluding hydrogens is 376 g/mol. The van der Waals surface area contributed by atoms with Gasteiger partial charge in [0.15, 0.2) is 0 Å². The highest BCUT2D eigenvalue weighted by Gasteiger charge is 2.28. The zero-order chi connectivity index (χ0) is 20.3. The number of ether oxygens (including phenoxy) is 1. The van der Waals surface area contributed by atoms with E-state index in [2.05, 4.69) is 17.3 Å². The van der Waals surface area contributed by atoms with Gasteiger partial charge in [-0.15, -0.1) is 11.3 Å². The van der Waals surface area contributed by atoms with Crippen molar-refractivity contribution in [3.63, 3.8) is 0 Å². The second kappa shape index (κ2) is 8.87. The summed E-state index contributed by atoms with van der Waals surface area (Å²) in [6.07, 6.45) is 4.74. The van der Waals surface area contributed by atoms with E-state index < -0.39 is 0 Å². The summed E-state index contributed by atoms with van der Waals surface area (Å²) in [7, 11) is 1.91. The second-order valence-electron chi connectivity index (χ2n) is 7.07. The number of nitrogens with zero attached hydrogens (tertiary/aromatic N) is 3. The predicted octanol–water partition coefficient (Wildman–Crippen LogP) is 3.01. The van der Waals surface area contributed by atoms with Crippen LogP contribution in [0, 0.1) is 6.92 Å². The van der Waals surface area contributed by atoms with Crippen molar-refractivity contribution in [2.75, 3.05) is 25.5 Å². The van der Waals surface area contributed by atoms with Crippen LogP contribution in [0.5, 0.6) is 0 Å². The van der Waals surface area contributed by atoms with Crippen molar-refractivity contribution in [2.45, 2.75) is 53.1 Å². The molecule has 3 rings (SSSR count). The van der Waals surface area contributed by atoms with E-state index in [0.717, 1.165) is 42.6 Å². The van der Waals surface area contributed by atoms with Crippen LogP contribution < -0.4 is 5.32 Å². The molecule has 0 aromatic carbocycles. The Hall–Kier alpha value is -2.19. The number of anilines is 1. The Morgan fingerprint density at radius 1 is 1.36 bits per heavy atom. The third-order valence-electron chi connectivity index (χ3n) is 5.01. The predicted molar refractivity (Wildman–Crippen MR) is 110 cm³/mol. The average Bonchev–Trinajstić information content (AvgIpc) is 3.30. The number of aromatic nitrogens is 2. The number of thiophene rings is 1. The number of rotatable bonds is 8. The van der Waals surface area contributed by atoms with Crippen molar-refractivity contribution >= 4 is 28.2 Å². The molecule has 2 heterocycles. The molecule has 0 aliphatic heterocycles. The topological polar surface area (TPSA) is 76.5 Å². The number of hydrogen-bond acceptors (Lipinski definition) is 6. The molecule has 28 heavy (non-hydrogen) atoms. The molecule has 2 aromatic heterocycles. The molecule has 152 valence electrons. The summed E-state index contributed by atoms with van der Waals surface area (Å²) in [4.78, 5) is 28.2. The lowest BCUT2D eigenvalue weighted by Crippen LogP contribution is -2.30. The SMILES string of the molecule is CCOC(=O)c1c(NC(=O)CN(C)Cc2cnn(CC)c2C)sc2c1CCC2. The number of nitrogens with one attached hydrogen (secondary N) is 1. The molecule has 1 N–H and O–H groups in total. The van der Waals surface area contributed by atoms with Gasteiger partial charge in [0, 0.05) is 29.2 Å². The first-order valence-electron chi connectivity index (χ1n) is 9.75. The Labute approximate surface area is 169 Å². The quantitative estimate of drug-likeness (QED) is 0.685. The van der Waals surface area contributed by atoms with Crippen LogP contribution in [-0.2, 0) is 35.5 Å². The van der Waals surface area contributed by atoms with Gasteiger partial charge in [0.25, 0.3) is 0 Å². The van der Waals surface area contributed by atoms with Gasteiger partial charge >= 0.3 is 5.97 Å². The lowest BCUT2D eigenvalue weighted by Gasteiger charge is -2.16. The molecule has 0 atom stereocenters. The first-order valence-corrected chi connectivity index (χ1v) is 10.6. The first-order chi connectivity index (χ1) is 13.4. The zero-order valence-electron chi connectivity index (χ0n) is 17.0. The average molecular weight is 405 g/mol. The molecule has 1 aliphatic rings. The summed E-state index contributed by atoms with van der Waals surface area (Å²) in [6.45, 7) is 7.92. The number of likely N-dealkylation sites (N-methyl/N-ethyl adjacent to an activating group) is 1. The smallest absolute Gasteiger partial charge is 0.341 e. The molecule has 0 saturated heterocycles. The van der Waals surface area contributed by atoms with Crippen LogP contribution in [0.15, 0.2) is 6.20 Å². The number of aryl methyl sites for hydroxylation is 2. The van der Waals surface area contributed by atoms with Gasteiger partial charge in [-0.25, -0.2) is 4.79 Å². The summed E-state index contributed by atoms with van der Waals surface area (Å²) in [6, 6.07) is 0. The highest BCUT2D eigenvalue weighted by atomic mass is 32.1. The molecule has 0 fully saturated rings. The zero-order valence-corrected chi connectivity index (χ0v) is 17.8. The summed E-state index contributed by atoms with van der Waals surface area (Å²) in [5.74, 6) is -0.471. The minimum atomic E-state index is -0.340. The van der Waals surface area contributed by atoms with Crippen LogP contribution in [0.4, 0.5) is 5.00 Å². The first kappa shape index (κ1) is 20.5. The fraction of sp³-hybridized carbons (Fsp3) is 0.550.